The summed E-state index contributed by atoms with van der Waals surface area (Å²) in [6.07, 6.45) is 3.74. The number of hydrogen-bond donors (Lipinski definition) is 1. The summed E-state index contributed by atoms with van der Waals surface area (Å²) in [7, 11) is 0. The molecule has 1 amide bonds. The van der Waals surface area contributed by atoms with E-state index in [0.29, 0.717) is 0 Å². The minimum absolute atomic E-state index is 0.113. The molecule has 0 saturated carbocycles. The molecule has 0 aromatic heterocycles. The van der Waals surface area contributed by atoms with Gasteiger partial charge in [0.15, 0.2) is 0 Å². The first-order valence-corrected chi connectivity index (χ1v) is 6.63. The molecule has 0 aliphatic carbocycles. The zero-order valence-electron chi connectivity index (χ0n) is 11.0. The molecule has 1 aliphatic rings. The van der Waals surface area contributed by atoms with E-state index in [0.717, 1.165) is 18.9 Å². The number of rotatable bonds is 5. The SMILES string of the molecule is CCN1CCC(CCNC(=O)C(C)C)CC1. The standard InChI is InChI=1S/C13H26N2O/c1-4-15-9-6-12(7-10-15)5-8-14-13(16)11(2)3/h11-12H,4-10H2,1-3H3,(H,14,16). The van der Waals surface area contributed by atoms with Crippen LogP contribution in [-0.4, -0.2) is 37.0 Å². The second kappa shape index (κ2) is 6.89. The van der Waals surface area contributed by atoms with Gasteiger partial charge in [-0.15, -0.1) is 0 Å². The van der Waals surface area contributed by atoms with Crippen molar-refractivity contribution in [2.24, 2.45) is 11.8 Å². The Hall–Kier alpha value is -0.570. The van der Waals surface area contributed by atoms with Crippen LogP contribution in [0.5, 0.6) is 0 Å². The van der Waals surface area contributed by atoms with E-state index in [1.807, 2.05) is 13.8 Å². The summed E-state index contributed by atoms with van der Waals surface area (Å²) < 4.78 is 0. The summed E-state index contributed by atoms with van der Waals surface area (Å²) in [4.78, 5) is 13.9. The average Bonchev–Trinajstić information content (AvgIpc) is 2.29. The van der Waals surface area contributed by atoms with Crippen molar-refractivity contribution in [1.82, 2.24) is 10.2 Å². The molecule has 0 unspecified atom stereocenters. The van der Waals surface area contributed by atoms with Gasteiger partial charge in [-0.3, -0.25) is 4.79 Å². The van der Waals surface area contributed by atoms with Gasteiger partial charge >= 0.3 is 0 Å². The maximum absolute atomic E-state index is 11.4. The first-order valence-electron chi connectivity index (χ1n) is 6.63. The molecule has 1 saturated heterocycles. The van der Waals surface area contributed by atoms with Crippen molar-refractivity contribution >= 4 is 5.91 Å². The topological polar surface area (TPSA) is 32.3 Å². The van der Waals surface area contributed by atoms with Crippen molar-refractivity contribution in [3.05, 3.63) is 0 Å². The van der Waals surface area contributed by atoms with Crippen molar-refractivity contribution in [1.29, 1.82) is 0 Å². The van der Waals surface area contributed by atoms with Crippen molar-refractivity contribution in [2.75, 3.05) is 26.2 Å². The molecule has 0 spiro atoms. The van der Waals surface area contributed by atoms with E-state index in [9.17, 15) is 4.79 Å². The van der Waals surface area contributed by atoms with E-state index in [-0.39, 0.29) is 11.8 Å². The molecule has 94 valence electrons. The molecule has 16 heavy (non-hydrogen) atoms. The molecule has 3 heteroatoms. The lowest BCUT2D eigenvalue weighted by molar-refractivity contribution is -0.124. The molecule has 1 fully saturated rings. The van der Waals surface area contributed by atoms with Crippen LogP contribution in [0.1, 0.15) is 40.0 Å². The van der Waals surface area contributed by atoms with Gasteiger partial charge in [-0.2, -0.15) is 0 Å². The number of piperidine rings is 1. The highest BCUT2D eigenvalue weighted by Crippen LogP contribution is 2.19. The highest BCUT2D eigenvalue weighted by molar-refractivity contribution is 5.77. The van der Waals surface area contributed by atoms with Gasteiger partial charge in [-0.25, -0.2) is 0 Å². The van der Waals surface area contributed by atoms with Crippen LogP contribution in [0, 0.1) is 11.8 Å². The first-order chi connectivity index (χ1) is 7.63. The third-order valence-electron chi connectivity index (χ3n) is 3.53. The Morgan fingerprint density at radius 2 is 2.00 bits per heavy atom. The summed E-state index contributed by atoms with van der Waals surface area (Å²) >= 11 is 0. The zero-order valence-corrected chi connectivity index (χ0v) is 11.0. The summed E-state index contributed by atoms with van der Waals surface area (Å²) in [5.41, 5.74) is 0. The van der Waals surface area contributed by atoms with Crippen LogP contribution in [0.3, 0.4) is 0 Å². The lowest BCUT2D eigenvalue weighted by atomic mass is 9.93. The monoisotopic (exact) mass is 226 g/mol. The zero-order chi connectivity index (χ0) is 12.0. The van der Waals surface area contributed by atoms with Gasteiger partial charge in [0.1, 0.15) is 0 Å². The van der Waals surface area contributed by atoms with E-state index >= 15 is 0 Å². The van der Waals surface area contributed by atoms with Gasteiger partial charge in [0.25, 0.3) is 0 Å². The second-order valence-corrected chi connectivity index (χ2v) is 5.11. The summed E-state index contributed by atoms with van der Waals surface area (Å²) in [6, 6.07) is 0. The fraction of sp³-hybridized carbons (Fsp3) is 0.923. The Kier molecular flexibility index (Phi) is 5.81. The molecular formula is C13H26N2O. The summed E-state index contributed by atoms with van der Waals surface area (Å²) in [5.74, 6) is 1.11. The van der Waals surface area contributed by atoms with Crippen LogP contribution in [0.25, 0.3) is 0 Å². The Labute approximate surface area is 99.6 Å². The Bertz CT molecular complexity index is 208. The van der Waals surface area contributed by atoms with E-state index in [1.54, 1.807) is 0 Å². The lowest BCUT2D eigenvalue weighted by Crippen LogP contribution is -2.35. The van der Waals surface area contributed by atoms with E-state index in [4.69, 9.17) is 0 Å². The van der Waals surface area contributed by atoms with Gasteiger partial charge < -0.3 is 10.2 Å². The molecule has 3 nitrogen and oxygen atoms in total. The molecule has 1 heterocycles. The Morgan fingerprint density at radius 3 is 2.50 bits per heavy atom. The number of nitrogens with one attached hydrogen (secondary N) is 1. The molecule has 0 radical (unpaired) electrons. The Balaban J connectivity index is 2.08. The predicted octanol–water partition coefficient (Wildman–Crippen LogP) is 1.88. The number of likely N-dealkylation sites (tertiary alicyclic amines) is 1. The van der Waals surface area contributed by atoms with Gasteiger partial charge in [-0.05, 0) is 44.8 Å². The second-order valence-electron chi connectivity index (χ2n) is 5.11. The number of carbonyl (C=O) groups is 1. The molecule has 0 aromatic carbocycles. The quantitative estimate of drug-likeness (QED) is 0.776. The van der Waals surface area contributed by atoms with Crippen LogP contribution >= 0.6 is 0 Å². The third kappa shape index (κ3) is 4.52. The molecule has 0 bridgehead atoms. The lowest BCUT2D eigenvalue weighted by Gasteiger charge is -2.31. The third-order valence-corrected chi connectivity index (χ3v) is 3.53. The van der Waals surface area contributed by atoms with Crippen LogP contribution in [0.4, 0.5) is 0 Å². The molecule has 0 aromatic rings. The highest BCUT2D eigenvalue weighted by atomic mass is 16.1. The van der Waals surface area contributed by atoms with E-state index in [1.165, 1.54) is 32.5 Å². The van der Waals surface area contributed by atoms with E-state index in [2.05, 4.69) is 17.1 Å². The van der Waals surface area contributed by atoms with Gasteiger partial charge in [0, 0.05) is 12.5 Å². The molecular weight excluding hydrogens is 200 g/mol. The smallest absolute Gasteiger partial charge is 0.222 e. The minimum Gasteiger partial charge on any atom is -0.356 e. The van der Waals surface area contributed by atoms with Crippen LogP contribution < -0.4 is 5.32 Å². The number of carbonyl (C=O) groups excluding carboxylic acids is 1. The van der Waals surface area contributed by atoms with Crippen LogP contribution in [-0.2, 0) is 4.79 Å². The van der Waals surface area contributed by atoms with Gasteiger partial charge in [-0.1, -0.05) is 20.8 Å². The summed E-state index contributed by atoms with van der Waals surface area (Å²) in [5, 5.41) is 3.00. The Morgan fingerprint density at radius 1 is 1.38 bits per heavy atom. The van der Waals surface area contributed by atoms with Crippen molar-refractivity contribution in [3.8, 4) is 0 Å². The first kappa shape index (κ1) is 13.5. The molecule has 1 rings (SSSR count). The fourth-order valence-electron chi connectivity index (χ4n) is 2.19. The number of hydrogen-bond acceptors (Lipinski definition) is 2. The van der Waals surface area contributed by atoms with E-state index < -0.39 is 0 Å². The number of nitrogens with zero attached hydrogens (tertiary/aromatic N) is 1. The van der Waals surface area contributed by atoms with Crippen molar-refractivity contribution in [2.45, 2.75) is 40.0 Å². The maximum Gasteiger partial charge on any atom is 0.222 e. The average molecular weight is 226 g/mol. The number of amides is 1. The molecule has 1 N–H and O–H groups in total. The normalized spacial score (nSPS) is 19.0. The summed E-state index contributed by atoms with van der Waals surface area (Å²) in [6.45, 7) is 10.6. The van der Waals surface area contributed by atoms with Gasteiger partial charge in [0.05, 0.1) is 0 Å². The predicted molar refractivity (Wildman–Crippen MR) is 67.3 cm³/mol. The molecule has 0 atom stereocenters. The fourth-order valence-corrected chi connectivity index (χ4v) is 2.19. The van der Waals surface area contributed by atoms with Crippen molar-refractivity contribution < 1.29 is 4.79 Å². The minimum atomic E-state index is 0.113. The molecule has 1 aliphatic heterocycles. The van der Waals surface area contributed by atoms with Crippen LogP contribution in [0.2, 0.25) is 0 Å². The maximum atomic E-state index is 11.4. The van der Waals surface area contributed by atoms with Gasteiger partial charge in [0.2, 0.25) is 5.91 Å². The van der Waals surface area contributed by atoms with Crippen LogP contribution in [0.15, 0.2) is 0 Å². The largest absolute Gasteiger partial charge is 0.356 e. The highest BCUT2D eigenvalue weighted by Gasteiger charge is 2.17. The van der Waals surface area contributed by atoms with Crippen molar-refractivity contribution in [3.63, 3.8) is 0 Å².